The molecule has 0 radical (unpaired) electrons. The van der Waals surface area contributed by atoms with Crippen LogP contribution in [-0.4, -0.2) is 11.5 Å². The molecule has 0 aliphatic rings. The summed E-state index contributed by atoms with van der Waals surface area (Å²) in [6.45, 7) is 5.39. The number of nitrogens with one attached hydrogen (secondary N) is 1. The normalized spacial score (nSPS) is 12.8. The summed E-state index contributed by atoms with van der Waals surface area (Å²) in [7, 11) is 0. The van der Waals surface area contributed by atoms with Crippen LogP contribution in [0.1, 0.15) is 31.9 Å². The van der Waals surface area contributed by atoms with E-state index in [0.29, 0.717) is 6.04 Å². The standard InChI is InChI=1S/C10H16N2/c1-3-6-12-9(2)10-5-4-7-11-8-10/h4-5,7-9,12H,3,6H2,1-2H3. The third-order valence-electron chi connectivity index (χ3n) is 1.88. The van der Waals surface area contributed by atoms with Crippen molar-refractivity contribution >= 4 is 0 Å². The molecule has 0 aliphatic heterocycles. The SMILES string of the molecule is CCCNC(C)c1cccnc1. The number of aromatic nitrogens is 1. The molecular weight excluding hydrogens is 148 g/mol. The first-order valence-electron chi connectivity index (χ1n) is 4.48. The van der Waals surface area contributed by atoms with Crippen LogP contribution in [0, 0.1) is 0 Å². The largest absolute Gasteiger partial charge is 0.310 e. The summed E-state index contributed by atoms with van der Waals surface area (Å²) in [6.07, 6.45) is 4.88. The Balaban J connectivity index is 2.48. The van der Waals surface area contributed by atoms with Crippen LogP contribution in [-0.2, 0) is 0 Å². The molecule has 1 heterocycles. The summed E-state index contributed by atoms with van der Waals surface area (Å²) in [6, 6.07) is 4.48. The van der Waals surface area contributed by atoms with Gasteiger partial charge in [0.1, 0.15) is 0 Å². The fraction of sp³-hybridized carbons (Fsp3) is 0.500. The minimum atomic E-state index is 0.415. The van der Waals surface area contributed by atoms with Crippen molar-refractivity contribution in [1.29, 1.82) is 0 Å². The molecule has 0 saturated carbocycles. The van der Waals surface area contributed by atoms with Gasteiger partial charge in [0.15, 0.2) is 0 Å². The van der Waals surface area contributed by atoms with E-state index in [-0.39, 0.29) is 0 Å². The highest BCUT2D eigenvalue weighted by Crippen LogP contribution is 2.08. The summed E-state index contributed by atoms with van der Waals surface area (Å²) < 4.78 is 0. The first kappa shape index (κ1) is 9.20. The van der Waals surface area contributed by atoms with Crippen LogP contribution < -0.4 is 5.32 Å². The van der Waals surface area contributed by atoms with E-state index in [1.807, 2.05) is 12.3 Å². The molecule has 0 saturated heterocycles. The zero-order valence-corrected chi connectivity index (χ0v) is 7.75. The van der Waals surface area contributed by atoms with Crippen molar-refractivity contribution in [3.63, 3.8) is 0 Å². The monoisotopic (exact) mass is 164 g/mol. The molecule has 0 aliphatic carbocycles. The highest BCUT2D eigenvalue weighted by molar-refractivity contribution is 5.12. The van der Waals surface area contributed by atoms with Gasteiger partial charge < -0.3 is 5.32 Å². The summed E-state index contributed by atoms with van der Waals surface area (Å²) in [4.78, 5) is 4.07. The number of hydrogen-bond acceptors (Lipinski definition) is 2. The van der Waals surface area contributed by atoms with Crippen molar-refractivity contribution < 1.29 is 0 Å². The summed E-state index contributed by atoms with van der Waals surface area (Å²) in [5.74, 6) is 0. The van der Waals surface area contributed by atoms with Gasteiger partial charge in [0.25, 0.3) is 0 Å². The van der Waals surface area contributed by atoms with Gasteiger partial charge in [0.2, 0.25) is 0 Å². The van der Waals surface area contributed by atoms with Gasteiger partial charge in [-0.1, -0.05) is 13.0 Å². The van der Waals surface area contributed by atoms with E-state index in [1.54, 1.807) is 6.20 Å². The number of hydrogen-bond donors (Lipinski definition) is 1. The maximum absolute atomic E-state index is 4.07. The average molecular weight is 164 g/mol. The van der Waals surface area contributed by atoms with Gasteiger partial charge in [-0.2, -0.15) is 0 Å². The van der Waals surface area contributed by atoms with E-state index in [0.717, 1.165) is 6.54 Å². The van der Waals surface area contributed by atoms with E-state index in [4.69, 9.17) is 0 Å². The van der Waals surface area contributed by atoms with Gasteiger partial charge >= 0.3 is 0 Å². The summed E-state index contributed by atoms with van der Waals surface area (Å²) >= 11 is 0. The lowest BCUT2D eigenvalue weighted by Crippen LogP contribution is -2.19. The van der Waals surface area contributed by atoms with Crippen molar-refractivity contribution in [3.05, 3.63) is 30.1 Å². The van der Waals surface area contributed by atoms with Gasteiger partial charge in [-0.15, -0.1) is 0 Å². The molecule has 1 aromatic heterocycles. The van der Waals surface area contributed by atoms with Crippen LogP contribution in [0.3, 0.4) is 0 Å². The zero-order valence-electron chi connectivity index (χ0n) is 7.75. The van der Waals surface area contributed by atoms with E-state index in [1.165, 1.54) is 12.0 Å². The molecule has 1 rings (SSSR count). The second kappa shape index (κ2) is 4.88. The lowest BCUT2D eigenvalue weighted by atomic mass is 10.1. The van der Waals surface area contributed by atoms with Crippen LogP contribution in [0.15, 0.2) is 24.5 Å². The number of pyridine rings is 1. The Hall–Kier alpha value is -0.890. The predicted molar refractivity (Wildman–Crippen MR) is 50.9 cm³/mol. The Bertz CT molecular complexity index is 208. The van der Waals surface area contributed by atoms with Crippen LogP contribution >= 0.6 is 0 Å². The molecule has 0 spiro atoms. The Labute approximate surface area is 74.0 Å². The van der Waals surface area contributed by atoms with Gasteiger partial charge in [-0.3, -0.25) is 4.98 Å². The van der Waals surface area contributed by atoms with Gasteiger partial charge in [0.05, 0.1) is 0 Å². The molecule has 2 heteroatoms. The highest BCUT2D eigenvalue weighted by Gasteiger charge is 2.01. The van der Waals surface area contributed by atoms with Crippen molar-refractivity contribution in [3.8, 4) is 0 Å². The molecule has 0 aromatic carbocycles. The van der Waals surface area contributed by atoms with E-state index in [2.05, 4.69) is 30.2 Å². The zero-order chi connectivity index (χ0) is 8.81. The third-order valence-corrected chi connectivity index (χ3v) is 1.88. The first-order chi connectivity index (χ1) is 5.84. The topological polar surface area (TPSA) is 24.9 Å². The summed E-state index contributed by atoms with van der Waals surface area (Å²) in [5, 5.41) is 3.41. The van der Waals surface area contributed by atoms with Crippen molar-refractivity contribution in [2.75, 3.05) is 6.54 Å². The van der Waals surface area contributed by atoms with E-state index >= 15 is 0 Å². The Morgan fingerprint density at radius 3 is 3.00 bits per heavy atom. The van der Waals surface area contributed by atoms with E-state index < -0.39 is 0 Å². The smallest absolute Gasteiger partial charge is 0.0315 e. The lowest BCUT2D eigenvalue weighted by molar-refractivity contribution is 0.569. The maximum Gasteiger partial charge on any atom is 0.0315 e. The Morgan fingerprint density at radius 2 is 2.42 bits per heavy atom. The molecule has 0 bridgehead atoms. The van der Waals surface area contributed by atoms with Crippen molar-refractivity contribution in [1.82, 2.24) is 10.3 Å². The number of rotatable bonds is 4. The summed E-state index contributed by atoms with van der Waals surface area (Å²) in [5.41, 5.74) is 1.26. The molecule has 12 heavy (non-hydrogen) atoms. The third kappa shape index (κ3) is 2.62. The fourth-order valence-electron chi connectivity index (χ4n) is 1.11. The molecule has 2 nitrogen and oxygen atoms in total. The van der Waals surface area contributed by atoms with Crippen LogP contribution in [0.25, 0.3) is 0 Å². The van der Waals surface area contributed by atoms with Crippen LogP contribution in [0.2, 0.25) is 0 Å². The maximum atomic E-state index is 4.07. The van der Waals surface area contributed by atoms with E-state index in [9.17, 15) is 0 Å². The first-order valence-corrected chi connectivity index (χ1v) is 4.48. The molecule has 1 aromatic rings. The predicted octanol–water partition coefficient (Wildman–Crippen LogP) is 2.14. The molecule has 0 amide bonds. The second-order valence-electron chi connectivity index (χ2n) is 2.96. The fourth-order valence-corrected chi connectivity index (χ4v) is 1.11. The average Bonchev–Trinajstić information content (AvgIpc) is 2.15. The quantitative estimate of drug-likeness (QED) is 0.737. The highest BCUT2D eigenvalue weighted by atomic mass is 14.9. The minimum absolute atomic E-state index is 0.415. The van der Waals surface area contributed by atoms with Gasteiger partial charge in [-0.05, 0) is 31.5 Å². The number of nitrogens with zero attached hydrogens (tertiary/aromatic N) is 1. The molecule has 1 unspecified atom stereocenters. The minimum Gasteiger partial charge on any atom is -0.310 e. The van der Waals surface area contributed by atoms with Crippen LogP contribution in [0.4, 0.5) is 0 Å². The molecule has 1 atom stereocenters. The van der Waals surface area contributed by atoms with Crippen molar-refractivity contribution in [2.45, 2.75) is 26.3 Å². The molecular formula is C10H16N2. The molecule has 1 N–H and O–H groups in total. The lowest BCUT2D eigenvalue weighted by Gasteiger charge is -2.12. The van der Waals surface area contributed by atoms with Gasteiger partial charge in [0, 0.05) is 18.4 Å². The van der Waals surface area contributed by atoms with Gasteiger partial charge in [-0.25, -0.2) is 0 Å². The molecule has 66 valence electrons. The Kier molecular flexibility index (Phi) is 3.74. The Morgan fingerprint density at radius 1 is 1.58 bits per heavy atom. The second-order valence-corrected chi connectivity index (χ2v) is 2.96. The molecule has 0 fully saturated rings. The van der Waals surface area contributed by atoms with Crippen molar-refractivity contribution in [2.24, 2.45) is 0 Å². The van der Waals surface area contributed by atoms with Crippen LogP contribution in [0.5, 0.6) is 0 Å².